The van der Waals surface area contributed by atoms with Crippen LogP contribution < -0.4 is 14.8 Å². The number of hydrogen-bond donors (Lipinski definition) is 1. The molecule has 1 unspecified atom stereocenters. The molecule has 0 saturated carbocycles. The van der Waals surface area contributed by atoms with Gasteiger partial charge in [-0.3, -0.25) is 4.79 Å². The predicted molar refractivity (Wildman–Crippen MR) is 128 cm³/mol. The fourth-order valence-corrected chi connectivity index (χ4v) is 3.82. The van der Waals surface area contributed by atoms with Gasteiger partial charge in [-0.05, 0) is 55.5 Å². The summed E-state index contributed by atoms with van der Waals surface area (Å²) in [4.78, 5) is 17.5. The molecule has 0 radical (unpaired) electrons. The summed E-state index contributed by atoms with van der Waals surface area (Å²) in [5, 5.41) is 3.06. The number of amides is 1. The van der Waals surface area contributed by atoms with Crippen LogP contribution in [0.1, 0.15) is 29.1 Å². The molecule has 0 spiro atoms. The van der Waals surface area contributed by atoms with Crippen molar-refractivity contribution in [3.8, 4) is 11.5 Å². The topological polar surface area (TPSA) is 65.4 Å². The summed E-state index contributed by atoms with van der Waals surface area (Å²) in [5.74, 6) is 2.13. The first-order valence-electron chi connectivity index (χ1n) is 10.3. The van der Waals surface area contributed by atoms with Crippen LogP contribution in [0.4, 0.5) is 0 Å². The van der Waals surface area contributed by atoms with E-state index in [1.165, 1.54) is 0 Å². The van der Waals surface area contributed by atoms with Crippen LogP contribution in [0, 0.1) is 0 Å². The Hall–Kier alpha value is -3.32. The van der Waals surface area contributed by atoms with Gasteiger partial charge in [0.2, 0.25) is 0 Å². The third kappa shape index (κ3) is 4.94. The van der Waals surface area contributed by atoms with Gasteiger partial charge in [0.05, 0.1) is 30.7 Å². The number of aromatic nitrogens is 2. The normalized spacial score (nSPS) is 11.8. The van der Waals surface area contributed by atoms with Gasteiger partial charge in [-0.2, -0.15) is 0 Å². The molecule has 3 aromatic carbocycles. The van der Waals surface area contributed by atoms with Gasteiger partial charge in [-0.15, -0.1) is 0 Å². The van der Waals surface area contributed by atoms with Crippen molar-refractivity contribution >= 4 is 32.9 Å². The van der Waals surface area contributed by atoms with Gasteiger partial charge in [0, 0.05) is 16.1 Å². The first-order chi connectivity index (χ1) is 15.5. The van der Waals surface area contributed by atoms with Crippen molar-refractivity contribution in [1.82, 2.24) is 14.9 Å². The number of nitrogens with one attached hydrogen (secondary N) is 1. The molecule has 0 aliphatic carbocycles. The molecule has 1 aromatic heterocycles. The second kappa shape index (κ2) is 9.87. The number of rotatable bonds is 8. The van der Waals surface area contributed by atoms with Crippen LogP contribution in [-0.4, -0.2) is 29.2 Å². The van der Waals surface area contributed by atoms with Crippen molar-refractivity contribution in [2.45, 2.75) is 19.5 Å². The Morgan fingerprint density at radius 3 is 2.59 bits per heavy atom. The largest absolute Gasteiger partial charge is 0.497 e. The minimum absolute atomic E-state index is 0.142. The summed E-state index contributed by atoms with van der Waals surface area (Å²) in [6.07, 6.45) is 0. The first kappa shape index (κ1) is 21.9. The zero-order valence-corrected chi connectivity index (χ0v) is 19.5. The van der Waals surface area contributed by atoms with Crippen LogP contribution in [-0.2, 0) is 6.54 Å². The van der Waals surface area contributed by atoms with E-state index < -0.39 is 0 Å². The van der Waals surface area contributed by atoms with E-state index in [-0.39, 0.29) is 11.9 Å². The molecule has 1 heterocycles. The molecule has 0 aliphatic heterocycles. The predicted octanol–water partition coefficient (Wildman–Crippen LogP) is 5.38. The maximum absolute atomic E-state index is 12.7. The summed E-state index contributed by atoms with van der Waals surface area (Å²) in [6.45, 7) is 2.98. The monoisotopic (exact) mass is 493 g/mol. The molecular weight excluding hydrogens is 470 g/mol. The van der Waals surface area contributed by atoms with Crippen molar-refractivity contribution in [3.05, 3.63) is 88.7 Å². The maximum atomic E-state index is 12.7. The van der Waals surface area contributed by atoms with E-state index in [4.69, 9.17) is 14.5 Å². The standard InChI is InChI=1S/C25H24BrN3O3/c1-17(27-25(30)18-10-12-19(26)13-11-18)24-28-22-8-3-4-9-23(22)29(24)14-15-32-21-7-5-6-20(16-21)31-2/h3-13,16-17H,14-15H2,1-2H3,(H,27,30). The summed E-state index contributed by atoms with van der Waals surface area (Å²) in [7, 11) is 1.63. The second-order valence-electron chi connectivity index (χ2n) is 7.34. The Balaban J connectivity index is 1.52. The Morgan fingerprint density at radius 1 is 1.06 bits per heavy atom. The molecule has 1 atom stereocenters. The number of fused-ring (bicyclic) bond motifs is 1. The van der Waals surface area contributed by atoms with Crippen molar-refractivity contribution in [3.63, 3.8) is 0 Å². The number of hydrogen-bond acceptors (Lipinski definition) is 4. The van der Waals surface area contributed by atoms with Crippen LogP contribution in [0.25, 0.3) is 11.0 Å². The molecule has 6 nitrogen and oxygen atoms in total. The maximum Gasteiger partial charge on any atom is 0.251 e. The zero-order chi connectivity index (χ0) is 22.5. The third-order valence-electron chi connectivity index (χ3n) is 5.15. The number of ether oxygens (including phenoxy) is 2. The van der Waals surface area contributed by atoms with Crippen molar-refractivity contribution in [2.75, 3.05) is 13.7 Å². The summed E-state index contributed by atoms with van der Waals surface area (Å²) in [5.41, 5.74) is 2.49. The molecule has 4 rings (SSSR count). The van der Waals surface area contributed by atoms with Crippen LogP contribution in [0.2, 0.25) is 0 Å². The highest BCUT2D eigenvalue weighted by atomic mass is 79.9. The van der Waals surface area contributed by atoms with E-state index in [2.05, 4.69) is 25.8 Å². The van der Waals surface area contributed by atoms with E-state index in [1.54, 1.807) is 19.2 Å². The lowest BCUT2D eigenvalue weighted by molar-refractivity contribution is 0.0937. The summed E-state index contributed by atoms with van der Waals surface area (Å²) >= 11 is 3.40. The molecule has 32 heavy (non-hydrogen) atoms. The molecular formula is C25H24BrN3O3. The lowest BCUT2D eigenvalue weighted by Crippen LogP contribution is -2.29. The highest BCUT2D eigenvalue weighted by Crippen LogP contribution is 2.23. The Labute approximate surface area is 195 Å². The average Bonchev–Trinajstić information content (AvgIpc) is 3.18. The molecule has 0 saturated heterocycles. The van der Waals surface area contributed by atoms with Gasteiger partial charge in [0.15, 0.2) is 0 Å². The smallest absolute Gasteiger partial charge is 0.251 e. The summed E-state index contributed by atoms with van der Waals surface area (Å²) in [6, 6.07) is 22.5. The number of nitrogens with zero attached hydrogens (tertiary/aromatic N) is 2. The molecule has 7 heteroatoms. The number of benzene rings is 3. The lowest BCUT2D eigenvalue weighted by Gasteiger charge is -2.17. The lowest BCUT2D eigenvalue weighted by atomic mass is 10.2. The molecule has 164 valence electrons. The second-order valence-corrected chi connectivity index (χ2v) is 8.26. The Morgan fingerprint density at radius 2 is 1.81 bits per heavy atom. The number of methoxy groups -OCH3 is 1. The number of carbonyl (C=O) groups excluding carboxylic acids is 1. The highest BCUT2D eigenvalue weighted by Gasteiger charge is 2.19. The van der Waals surface area contributed by atoms with Crippen molar-refractivity contribution in [2.24, 2.45) is 0 Å². The molecule has 1 amide bonds. The number of halogens is 1. The van der Waals surface area contributed by atoms with E-state index in [9.17, 15) is 4.79 Å². The number of carbonyl (C=O) groups is 1. The van der Waals surface area contributed by atoms with E-state index in [0.717, 1.165) is 32.8 Å². The molecule has 0 bridgehead atoms. The average molecular weight is 494 g/mol. The fourth-order valence-electron chi connectivity index (χ4n) is 3.55. The van der Waals surface area contributed by atoms with E-state index >= 15 is 0 Å². The van der Waals surface area contributed by atoms with Crippen molar-refractivity contribution in [1.29, 1.82) is 0 Å². The third-order valence-corrected chi connectivity index (χ3v) is 5.68. The number of para-hydroxylation sites is 2. The van der Waals surface area contributed by atoms with Gasteiger partial charge in [-0.1, -0.05) is 34.1 Å². The van der Waals surface area contributed by atoms with Gasteiger partial charge in [-0.25, -0.2) is 4.98 Å². The molecule has 0 fully saturated rings. The van der Waals surface area contributed by atoms with Crippen LogP contribution in [0.15, 0.2) is 77.3 Å². The van der Waals surface area contributed by atoms with Crippen molar-refractivity contribution < 1.29 is 14.3 Å². The Kier molecular flexibility index (Phi) is 6.75. The fraction of sp³-hybridized carbons (Fsp3) is 0.200. The number of imidazole rings is 1. The minimum atomic E-state index is -0.282. The van der Waals surface area contributed by atoms with Crippen LogP contribution in [0.5, 0.6) is 11.5 Å². The SMILES string of the molecule is COc1cccc(OCCn2c(C(C)NC(=O)c3ccc(Br)cc3)nc3ccccc32)c1. The van der Waals surface area contributed by atoms with Crippen LogP contribution >= 0.6 is 15.9 Å². The van der Waals surface area contributed by atoms with E-state index in [1.807, 2.05) is 67.6 Å². The van der Waals surface area contributed by atoms with Gasteiger partial charge >= 0.3 is 0 Å². The van der Waals surface area contributed by atoms with E-state index in [0.29, 0.717) is 18.7 Å². The van der Waals surface area contributed by atoms with Gasteiger partial charge in [0.25, 0.3) is 5.91 Å². The Bertz CT molecular complexity index is 1220. The highest BCUT2D eigenvalue weighted by molar-refractivity contribution is 9.10. The molecule has 0 aliphatic rings. The summed E-state index contributed by atoms with van der Waals surface area (Å²) < 4.78 is 14.2. The quantitative estimate of drug-likeness (QED) is 0.358. The first-order valence-corrected chi connectivity index (χ1v) is 11.1. The molecule has 4 aromatic rings. The minimum Gasteiger partial charge on any atom is -0.497 e. The zero-order valence-electron chi connectivity index (χ0n) is 17.9. The van der Waals surface area contributed by atoms with Crippen LogP contribution in [0.3, 0.4) is 0 Å². The van der Waals surface area contributed by atoms with Gasteiger partial charge < -0.3 is 19.4 Å². The molecule has 1 N–H and O–H groups in total. The van der Waals surface area contributed by atoms with Gasteiger partial charge in [0.1, 0.15) is 23.9 Å².